The van der Waals surface area contributed by atoms with Crippen LogP contribution < -0.4 is 20.5 Å². The minimum atomic E-state index is -0.405. The molecule has 1 aliphatic heterocycles. The van der Waals surface area contributed by atoms with Crippen molar-refractivity contribution in [3.05, 3.63) is 23.8 Å². The van der Waals surface area contributed by atoms with Crippen LogP contribution in [0.15, 0.2) is 18.2 Å². The number of rotatable bonds is 7. The van der Waals surface area contributed by atoms with Crippen molar-refractivity contribution < 1.29 is 19.0 Å². The van der Waals surface area contributed by atoms with Gasteiger partial charge < -0.3 is 25.3 Å². The maximum Gasteiger partial charge on any atom is 0.249 e. The minimum Gasteiger partial charge on any atom is -0.493 e. The quantitative estimate of drug-likeness (QED) is 0.779. The molecule has 0 radical (unpaired) electrons. The molecule has 1 aromatic rings. The molecule has 6 heteroatoms. The molecule has 2 aliphatic rings. The molecule has 3 N–H and O–H groups in total. The molecule has 1 saturated carbocycles. The van der Waals surface area contributed by atoms with Crippen molar-refractivity contribution >= 4 is 5.91 Å². The lowest BCUT2D eigenvalue weighted by atomic mass is 10.1. The van der Waals surface area contributed by atoms with Gasteiger partial charge in [-0.2, -0.15) is 0 Å². The zero-order chi connectivity index (χ0) is 18.5. The molecule has 0 spiro atoms. The predicted octanol–water partition coefficient (Wildman–Crippen LogP) is 2.70. The van der Waals surface area contributed by atoms with E-state index < -0.39 is 6.10 Å². The van der Waals surface area contributed by atoms with Crippen LogP contribution in [0.25, 0.3) is 0 Å². The molecule has 0 aromatic heterocycles. The van der Waals surface area contributed by atoms with Gasteiger partial charge in [-0.25, -0.2) is 0 Å². The summed E-state index contributed by atoms with van der Waals surface area (Å²) in [5.41, 5.74) is 6.58. The highest BCUT2D eigenvalue weighted by molar-refractivity contribution is 5.81. The number of nitrogens with two attached hydrogens (primary N) is 1. The fourth-order valence-corrected chi connectivity index (χ4v) is 3.70. The number of amides is 1. The molecule has 26 heavy (non-hydrogen) atoms. The number of carbonyl (C=O) groups is 1. The molecule has 3 rings (SSSR count). The van der Waals surface area contributed by atoms with Gasteiger partial charge in [-0.15, -0.1) is 0 Å². The van der Waals surface area contributed by atoms with E-state index in [1.807, 2.05) is 25.1 Å². The van der Waals surface area contributed by atoms with Crippen LogP contribution in [0, 0.1) is 0 Å². The average molecular weight is 362 g/mol. The summed E-state index contributed by atoms with van der Waals surface area (Å²) < 4.78 is 17.2. The third kappa shape index (κ3) is 4.48. The van der Waals surface area contributed by atoms with E-state index in [0.717, 1.165) is 37.0 Å². The zero-order valence-electron chi connectivity index (χ0n) is 15.7. The van der Waals surface area contributed by atoms with Crippen LogP contribution in [0.1, 0.15) is 57.1 Å². The Morgan fingerprint density at radius 1 is 1.27 bits per heavy atom. The molecule has 1 heterocycles. The van der Waals surface area contributed by atoms with E-state index in [9.17, 15) is 4.79 Å². The highest BCUT2D eigenvalue weighted by Crippen LogP contribution is 2.33. The lowest BCUT2D eigenvalue weighted by Gasteiger charge is -2.20. The summed E-state index contributed by atoms with van der Waals surface area (Å²) in [5, 5.41) is 3.03. The fraction of sp³-hybridized carbons (Fsp3) is 0.650. The summed E-state index contributed by atoms with van der Waals surface area (Å²) in [7, 11) is 1.64. The largest absolute Gasteiger partial charge is 0.493 e. The molecule has 1 aliphatic carbocycles. The van der Waals surface area contributed by atoms with Crippen LogP contribution in [-0.4, -0.2) is 37.9 Å². The van der Waals surface area contributed by atoms with Crippen molar-refractivity contribution in [2.24, 2.45) is 5.73 Å². The second-order valence-electron chi connectivity index (χ2n) is 7.22. The van der Waals surface area contributed by atoms with Crippen LogP contribution in [0.2, 0.25) is 0 Å². The van der Waals surface area contributed by atoms with E-state index in [1.54, 1.807) is 7.11 Å². The maximum atomic E-state index is 12.4. The Kier molecular flexibility index (Phi) is 6.38. The first-order chi connectivity index (χ1) is 12.6. The molecule has 1 saturated heterocycles. The second-order valence-corrected chi connectivity index (χ2v) is 7.22. The van der Waals surface area contributed by atoms with E-state index in [1.165, 1.54) is 12.8 Å². The molecule has 1 amide bonds. The summed E-state index contributed by atoms with van der Waals surface area (Å²) in [4.78, 5) is 12.4. The van der Waals surface area contributed by atoms with Crippen LogP contribution in [0.4, 0.5) is 0 Å². The minimum absolute atomic E-state index is 0.00632. The highest BCUT2D eigenvalue weighted by Gasteiger charge is 2.30. The van der Waals surface area contributed by atoms with Gasteiger partial charge in [0, 0.05) is 6.54 Å². The predicted molar refractivity (Wildman–Crippen MR) is 99.4 cm³/mol. The maximum absolute atomic E-state index is 12.4. The topological polar surface area (TPSA) is 82.8 Å². The van der Waals surface area contributed by atoms with Crippen LogP contribution >= 0.6 is 0 Å². The Hall–Kier alpha value is -1.79. The van der Waals surface area contributed by atoms with Gasteiger partial charge in [-0.3, -0.25) is 4.79 Å². The fourth-order valence-electron chi connectivity index (χ4n) is 3.70. The Balaban J connectivity index is 1.61. The van der Waals surface area contributed by atoms with Gasteiger partial charge in [0.15, 0.2) is 11.5 Å². The number of hydrogen-bond acceptors (Lipinski definition) is 5. The molecule has 144 valence electrons. The number of hydrogen-bond donors (Lipinski definition) is 2. The van der Waals surface area contributed by atoms with Gasteiger partial charge in [0.05, 0.1) is 25.4 Å². The monoisotopic (exact) mass is 362 g/mol. The summed E-state index contributed by atoms with van der Waals surface area (Å²) in [6.07, 6.45) is 6.07. The van der Waals surface area contributed by atoms with E-state index in [2.05, 4.69) is 5.32 Å². The van der Waals surface area contributed by atoms with E-state index >= 15 is 0 Å². The average Bonchev–Trinajstić information content (AvgIpc) is 3.33. The smallest absolute Gasteiger partial charge is 0.249 e. The summed E-state index contributed by atoms with van der Waals surface area (Å²) in [5.74, 6) is 1.39. The van der Waals surface area contributed by atoms with Crippen LogP contribution in [0.3, 0.4) is 0 Å². The second kappa shape index (κ2) is 8.73. The Morgan fingerprint density at radius 3 is 2.69 bits per heavy atom. The van der Waals surface area contributed by atoms with Crippen LogP contribution in [-0.2, 0) is 9.53 Å². The van der Waals surface area contributed by atoms with Crippen molar-refractivity contribution in [3.63, 3.8) is 0 Å². The number of nitrogens with one attached hydrogen (secondary N) is 1. The first kappa shape index (κ1) is 19.0. The van der Waals surface area contributed by atoms with Crippen molar-refractivity contribution in [1.29, 1.82) is 0 Å². The van der Waals surface area contributed by atoms with Gasteiger partial charge >= 0.3 is 0 Å². The van der Waals surface area contributed by atoms with E-state index in [4.69, 9.17) is 19.9 Å². The molecule has 1 aromatic carbocycles. The van der Waals surface area contributed by atoms with Crippen molar-refractivity contribution in [3.8, 4) is 11.5 Å². The third-order valence-electron chi connectivity index (χ3n) is 5.31. The number of methoxy groups -OCH3 is 1. The normalized spacial score (nSPS) is 24.4. The van der Waals surface area contributed by atoms with Crippen molar-refractivity contribution in [1.82, 2.24) is 5.32 Å². The van der Waals surface area contributed by atoms with Gasteiger partial charge in [0.2, 0.25) is 5.91 Å². The molecular weight excluding hydrogens is 332 g/mol. The van der Waals surface area contributed by atoms with Crippen LogP contribution in [0.5, 0.6) is 11.5 Å². The number of benzene rings is 1. The lowest BCUT2D eigenvalue weighted by molar-refractivity contribution is -0.132. The number of carbonyl (C=O) groups excluding carboxylic acids is 1. The molecule has 2 fully saturated rings. The third-order valence-corrected chi connectivity index (χ3v) is 5.31. The highest BCUT2D eigenvalue weighted by atomic mass is 16.5. The van der Waals surface area contributed by atoms with Gasteiger partial charge in [-0.05, 0) is 63.1 Å². The summed E-state index contributed by atoms with van der Waals surface area (Å²) in [6.45, 7) is 2.42. The number of ether oxygens (including phenoxy) is 3. The molecule has 1 unspecified atom stereocenters. The zero-order valence-corrected chi connectivity index (χ0v) is 15.7. The van der Waals surface area contributed by atoms with Crippen molar-refractivity contribution in [2.45, 2.75) is 69.8 Å². The first-order valence-corrected chi connectivity index (χ1v) is 9.61. The molecule has 0 bridgehead atoms. The van der Waals surface area contributed by atoms with Gasteiger partial charge in [0.25, 0.3) is 0 Å². The van der Waals surface area contributed by atoms with Gasteiger partial charge in [-0.1, -0.05) is 6.07 Å². The SMILES string of the molecule is COc1cc(C(C)NC(=O)[C@@H]2CC[C@H](CN)O2)ccc1OC1CCCC1. The molecule has 3 atom stereocenters. The Labute approximate surface area is 155 Å². The Morgan fingerprint density at radius 2 is 2.04 bits per heavy atom. The molecule has 6 nitrogen and oxygen atoms in total. The summed E-state index contributed by atoms with van der Waals surface area (Å²) in [6, 6.07) is 5.71. The molecular formula is C20H30N2O4. The van der Waals surface area contributed by atoms with Gasteiger partial charge in [0.1, 0.15) is 6.10 Å². The summed E-state index contributed by atoms with van der Waals surface area (Å²) >= 11 is 0. The Bertz CT molecular complexity index is 616. The van der Waals surface area contributed by atoms with Crippen molar-refractivity contribution in [2.75, 3.05) is 13.7 Å². The standard InChI is InChI=1S/C20H30N2O4/c1-13(22-20(23)18-10-8-16(12-21)26-18)14-7-9-17(19(11-14)24-2)25-15-5-3-4-6-15/h7,9,11,13,15-16,18H,3-6,8,10,12,21H2,1-2H3,(H,22,23)/t13?,16-,18+/m1/s1. The van der Waals surface area contributed by atoms with E-state index in [-0.39, 0.29) is 24.2 Å². The first-order valence-electron chi connectivity index (χ1n) is 9.61. The lowest BCUT2D eigenvalue weighted by Crippen LogP contribution is -2.37. The van der Waals surface area contributed by atoms with E-state index in [0.29, 0.717) is 12.3 Å².